The van der Waals surface area contributed by atoms with E-state index in [0.717, 1.165) is 50.9 Å². The van der Waals surface area contributed by atoms with Gasteiger partial charge in [0, 0.05) is 58.7 Å². The summed E-state index contributed by atoms with van der Waals surface area (Å²) >= 11 is 0. The van der Waals surface area contributed by atoms with Crippen molar-refractivity contribution < 1.29 is 4.74 Å². The van der Waals surface area contributed by atoms with E-state index in [0.29, 0.717) is 12.0 Å². The maximum absolute atomic E-state index is 5.09. The normalized spacial score (nSPS) is 13.1. The third kappa shape index (κ3) is 9.63. The summed E-state index contributed by atoms with van der Waals surface area (Å²) in [7, 11) is 5.69. The molecule has 0 aliphatic carbocycles. The molecule has 0 heterocycles. The minimum Gasteiger partial charge on any atom is -0.385 e. The molecule has 0 aromatic heterocycles. The first-order valence-corrected chi connectivity index (χ1v) is 9.50. The monoisotopic (exact) mass is 363 g/mol. The number of nitrogens with one attached hydrogen (secondary N) is 3. The van der Waals surface area contributed by atoms with Crippen molar-refractivity contribution in [1.29, 1.82) is 0 Å². The second-order valence-corrected chi connectivity index (χ2v) is 6.89. The molecule has 0 bridgehead atoms. The zero-order valence-electron chi connectivity index (χ0n) is 17.1. The molecule has 148 valence electrons. The Morgan fingerprint density at radius 3 is 2.50 bits per heavy atom. The fourth-order valence-electron chi connectivity index (χ4n) is 2.58. The molecule has 1 aromatic rings. The smallest absolute Gasteiger partial charge is 0.191 e. The van der Waals surface area contributed by atoms with E-state index in [4.69, 9.17) is 4.74 Å². The first-order chi connectivity index (χ1) is 12.6. The zero-order valence-corrected chi connectivity index (χ0v) is 17.1. The molecule has 3 N–H and O–H groups in total. The molecular formula is C20H37N5O. The first kappa shape index (κ1) is 22.3. The van der Waals surface area contributed by atoms with Crippen molar-refractivity contribution in [3.8, 4) is 0 Å². The molecule has 0 saturated heterocycles. The van der Waals surface area contributed by atoms with Crippen LogP contribution in [0.4, 0.5) is 5.69 Å². The van der Waals surface area contributed by atoms with E-state index in [1.54, 1.807) is 7.11 Å². The van der Waals surface area contributed by atoms with Crippen LogP contribution in [0.3, 0.4) is 0 Å². The number of anilines is 1. The lowest BCUT2D eigenvalue weighted by molar-refractivity contribution is 0.180. The van der Waals surface area contributed by atoms with Gasteiger partial charge in [-0.2, -0.15) is 0 Å². The summed E-state index contributed by atoms with van der Waals surface area (Å²) in [6.45, 7) is 8.96. The van der Waals surface area contributed by atoms with Crippen molar-refractivity contribution in [2.75, 3.05) is 59.3 Å². The average molecular weight is 364 g/mol. The number of rotatable bonds is 12. The molecule has 0 fully saturated rings. The van der Waals surface area contributed by atoms with Gasteiger partial charge in [-0.25, -0.2) is 0 Å². The first-order valence-electron chi connectivity index (χ1n) is 9.50. The van der Waals surface area contributed by atoms with Gasteiger partial charge in [-0.05, 0) is 31.5 Å². The van der Waals surface area contributed by atoms with E-state index in [9.17, 15) is 0 Å². The molecule has 0 amide bonds. The van der Waals surface area contributed by atoms with Crippen LogP contribution in [-0.4, -0.2) is 70.9 Å². The number of nitrogens with zero attached hydrogens (tertiary/aromatic N) is 2. The average Bonchev–Trinajstić information content (AvgIpc) is 2.64. The molecular weight excluding hydrogens is 326 g/mol. The van der Waals surface area contributed by atoms with Crippen LogP contribution in [-0.2, 0) is 4.74 Å². The highest BCUT2D eigenvalue weighted by Gasteiger charge is 2.13. The van der Waals surface area contributed by atoms with Crippen molar-refractivity contribution in [3.63, 3.8) is 0 Å². The van der Waals surface area contributed by atoms with Gasteiger partial charge in [-0.3, -0.25) is 4.99 Å². The van der Waals surface area contributed by atoms with Gasteiger partial charge in [0.15, 0.2) is 5.96 Å². The van der Waals surface area contributed by atoms with E-state index in [1.165, 1.54) is 0 Å². The third-order valence-electron chi connectivity index (χ3n) is 4.32. The van der Waals surface area contributed by atoms with Crippen molar-refractivity contribution >= 4 is 11.6 Å². The summed E-state index contributed by atoms with van der Waals surface area (Å²) in [5.74, 6) is 1.35. The summed E-state index contributed by atoms with van der Waals surface area (Å²) in [4.78, 5) is 6.63. The molecule has 0 radical (unpaired) electrons. The Bertz CT molecular complexity index is 492. The minimum absolute atomic E-state index is 0.327. The lowest BCUT2D eigenvalue weighted by Crippen LogP contribution is -2.46. The number of para-hydroxylation sites is 1. The topological polar surface area (TPSA) is 60.9 Å². The molecule has 26 heavy (non-hydrogen) atoms. The van der Waals surface area contributed by atoms with Crippen LogP contribution >= 0.6 is 0 Å². The van der Waals surface area contributed by atoms with Crippen LogP contribution in [0.5, 0.6) is 0 Å². The molecule has 0 saturated carbocycles. The molecule has 1 atom stereocenters. The second kappa shape index (κ2) is 13.4. The fourth-order valence-corrected chi connectivity index (χ4v) is 2.58. The van der Waals surface area contributed by atoms with E-state index in [1.807, 2.05) is 13.1 Å². The SMILES string of the molecule is CN=C(NCCN(C)CCCOC)NCC(Nc1ccccc1)C(C)C. The Morgan fingerprint density at radius 2 is 1.88 bits per heavy atom. The van der Waals surface area contributed by atoms with Crippen LogP contribution in [0.2, 0.25) is 0 Å². The number of hydrogen-bond acceptors (Lipinski definition) is 4. The molecule has 1 rings (SSSR count). The van der Waals surface area contributed by atoms with Crippen molar-refractivity contribution in [2.45, 2.75) is 26.3 Å². The minimum atomic E-state index is 0.327. The van der Waals surface area contributed by atoms with Crippen molar-refractivity contribution in [3.05, 3.63) is 30.3 Å². The van der Waals surface area contributed by atoms with Crippen molar-refractivity contribution in [2.24, 2.45) is 10.9 Å². The molecule has 0 spiro atoms. The number of guanidine groups is 1. The number of aliphatic imine (C=N–C) groups is 1. The summed E-state index contributed by atoms with van der Waals surface area (Å²) < 4.78 is 5.09. The summed E-state index contributed by atoms with van der Waals surface area (Å²) in [5, 5.41) is 10.4. The lowest BCUT2D eigenvalue weighted by atomic mass is 10.0. The van der Waals surface area contributed by atoms with Crippen molar-refractivity contribution in [1.82, 2.24) is 15.5 Å². The van der Waals surface area contributed by atoms with Crippen LogP contribution < -0.4 is 16.0 Å². The third-order valence-corrected chi connectivity index (χ3v) is 4.32. The van der Waals surface area contributed by atoms with Gasteiger partial charge in [0.2, 0.25) is 0 Å². The van der Waals surface area contributed by atoms with Crippen LogP contribution in [0.15, 0.2) is 35.3 Å². The lowest BCUT2D eigenvalue weighted by Gasteiger charge is -2.25. The fraction of sp³-hybridized carbons (Fsp3) is 0.650. The van der Waals surface area contributed by atoms with Crippen LogP contribution in [0.1, 0.15) is 20.3 Å². The van der Waals surface area contributed by atoms with E-state index >= 15 is 0 Å². The maximum Gasteiger partial charge on any atom is 0.191 e. The number of ether oxygens (including phenoxy) is 1. The Balaban J connectivity index is 2.34. The highest BCUT2D eigenvalue weighted by atomic mass is 16.5. The molecule has 0 aliphatic heterocycles. The number of benzene rings is 1. The quantitative estimate of drug-likeness (QED) is 0.302. The predicted molar refractivity (Wildman–Crippen MR) is 112 cm³/mol. The van der Waals surface area contributed by atoms with Gasteiger partial charge in [-0.15, -0.1) is 0 Å². The Kier molecular flexibility index (Phi) is 11.5. The largest absolute Gasteiger partial charge is 0.385 e. The molecule has 6 nitrogen and oxygen atoms in total. The van der Waals surface area contributed by atoms with Crippen LogP contribution in [0.25, 0.3) is 0 Å². The molecule has 1 unspecified atom stereocenters. The highest BCUT2D eigenvalue weighted by Crippen LogP contribution is 2.11. The Hall–Kier alpha value is -1.79. The second-order valence-electron chi connectivity index (χ2n) is 6.89. The molecule has 1 aromatic carbocycles. The van der Waals surface area contributed by atoms with Gasteiger partial charge in [0.1, 0.15) is 0 Å². The van der Waals surface area contributed by atoms with E-state index in [-0.39, 0.29) is 0 Å². The highest BCUT2D eigenvalue weighted by molar-refractivity contribution is 5.79. The van der Waals surface area contributed by atoms with Gasteiger partial charge in [0.25, 0.3) is 0 Å². The summed E-state index contributed by atoms with van der Waals surface area (Å²) in [6, 6.07) is 10.7. The number of methoxy groups -OCH3 is 1. The summed E-state index contributed by atoms with van der Waals surface area (Å²) in [5.41, 5.74) is 1.15. The Labute approximate surface area is 159 Å². The molecule has 6 heteroatoms. The Morgan fingerprint density at radius 1 is 1.15 bits per heavy atom. The maximum atomic E-state index is 5.09. The molecule has 0 aliphatic rings. The van der Waals surface area contributed by atoms with E-state index in [2.05, 4.69) is 71.0 Å². The van der Waals surface area contributed by atoms with Gasteiger partial charge in [0.05, 0.1) is 0 Å². The number of hydrogen-bond donors (Lipinski definition) is 3. The predicted octanol–water partition coefficient (Wildman–Crippen LogP) is 2.26. The van der Waals surface area contributed by atoms with Crippen LogP contribution in [0, 0.1) is 5.92 Å². The van der Waals surface area contributed by atoms with Gasteiger partial charge >= 0.3 is 0 Å². The van der Waals surface area contributed by atoms with Gasteiger partial charge in [-0.1, -0.05) is 32.0 Å². The number of likely N-dealkylation sites (N-methyl/N-ethyl adjacent to an activating group) is 1. The standard InChI is InChI=1S/C20H37N5O/c1-17(2)19(24-18-10-7-6-8-11-18)16-23-20(21-3)22-12-14-25(4)13-9-15-26-5/h6-8,10-11,17,19,24H,9,12-16H2,1-5H3,(H2,21,22,23). The van der Waals surface area contributed by atoms with Gasteiger partial charge < -0.3 is 25.6 Å². The summed E-state index contributed by atoms with van der Waals surface area (Å²) in [6.07, 6.45) is 1.06. The van der Waals surface area contributed by atoms with E-state index < -0.39 is 0 Å². The zero-order chi connectivity index (χ0) is 19.2.